The van der Waals surface area contributed by atoms with E-state index in [0.29, 0.717) is 11.4 Å². The second-order valence-electron chi connectivity index (χ2n) is 3.89. The molecule has 0 unspecified atom stereocenters. The highest BCUT2D eigenvalue weighted by Crippen LogP contribution is 2.37. The van der Waals surface area contributed by atoms with Crippen LogP contribution in [0.25, 0.3) is 0 Å². The van der Waals surface area contributed by atoms with Gasteiger partial charge in [0.25, 0.3) is 0 Å². The first-order chi connectivity index (χ1) is 6.22. The van der Waals surface area contributed by atoms with E-state index in [0.717, 1.165) is 31.1 Å². The van der Waals surface area contributed by atoms with Gasteiger partial charge in [-0.3, -0.25) is 0 Å². The van der Waals surface area contributed by atoms with Crippen molar-refractivity contribution in [2.75, 3.05) is 0 Å². The molecule has 3 fully saturated rings. The third kappa shape index (κ3) is 1.48. The number of piperidine rings is 2. The Bertz CT molecular complexity index is 260. The minimum atomic E-state index is -0.0652. The molecule has 2 bridgehead atoms. The summed E-state index contributed by atoms with van der Waals surface area (Å²) < 4.78 is 0. The Hall–Kier alpha value is -0.500. The first-order valence-corrected chi connectivity index (χ1v) is 4.67. The summed E-state index contributed by atoms with van der Waals surface area (Å²) in [7, 11) is 11.2. The van der Waals surface area contributed by atoms with Gasteiger partial charge in [-0.25, -0.2) is 0 Å². The van der Waals surface area contributed by atoms with Crippen molar-refractivity contribution in [3.05, 3.63) is 10.9 Å². The zero-order valence-corrected chi connectivity index (χ0v) is 7.49. The van der Waals surface area contributed by atoms with Crippen molar-refractivity contribution in [3.8, 4) is 0 Å². The van der Waals surface area contributed by atoms with E-state index in [-0.39, 0.29) is 12.0 Å². The molecular formula is C9H11B2NO. The van der Waals surface area contributed by atoms with Gasteiger partial charge >= 0.3 is 0 Å². The molecule has 2 saturated heterocycles. The minimum absolute atomic E-state index is 0.0652. The zero-order chi connectivity index (χ0) is 9.42. The third-order valence-corrected chi connectivity index (χ3v) is 3.12. The fourth-order valence-electron chi connectivity index (χ4n) is 2.47. The molecular weight excluding hydrogens is 160 g/mol. The molecule has 0 spiro atoms. The summed E-state index contributed by atoms with van der Waals surface area (Å²) in [5.74, 6) is 0.243. The van der Waals surface area contributed by atoms with Gasteiger partial charge in [0.2, 0.25) is 0 Å². The monoisotopic (exact) mass is 171 g/mol. The molecule has 0 aromatic carbocycles. The SMILES string of the molecule is [B]C([B])=C1C[C@@H]2CC[C@H]1[C@@H](C=O)N2. The van der Waals surface area contributed by atoms with Crippen LogP contribution in [-0.2, 0) is 4.79 Å². The van der Waals surface area contributed by atoms with Crippen LogP contribution >= 0.6 is 0 Å². The van der Waals surface area contributed by atoms with Crippen LogP contribution in [0.1, 0.15) is 19.3 Å². The van der Waals surface area contributed by atoms with Crippen LogP contribution in [-0.4, -0.2) is 34.1 Å². The Kier molecular flexibility index (Phi) is 2.33. The average molecular weight is 171 g/mol. The van der Waals surface area contributed by atoms with E-state index < -0.39 is 0 Å². The number of aldehydes is 1. The highest BCUT2D eigenvalue weighted by atomic mass is 16.1. The van der Waals surface area contributed by atoms with Crippen molar-refractivity contribution in [2.45, 2.75) is 31.3 Å². The molecule has 2 aliphatic heterocycles. The average Bonchev–Trinajstić information content (AvgIpc) is 2.18. The molecule has 2 nitrogen and oxygen atoms in total. The topological polar surface area (TPSA) is 29.1 Å². The second kappa shape index (κ2) is 3.33. The van der Waals surface area contributed by atoms with Crippen molar-refractivity contribution in [1.29, 1.82) is 0 Å². The van der Waals surface area contributed by atoms with Gasteiger partial charge in [0, 0.05) is 12.0 Å². The fraction of sp³-hybridized carbons (Fsp3) is 0.667. The number of hydrogen-bond donors (Lipinski definition) is 1. The van der Waals surface area contributed by atoms with Gasteiger partial charge in [-0.05, 0) is 19.3 Å². The highest BCUT2D eigenvalue weighted by Gasteiger charge is 2.37. The molecule has 1 saturated carbocycles. The first kappa shape index (κ1) is 9.07. The molecule has 2 heterocycles. The van der Waals surface area contributed by atoms with Crippen LogP contribution in [0.4, 0.5) is 0 Å². The van der Waals surface area contributed by atoms with Gasteiger partial charge in [-0.15, -0.1) is 0 Å². The van der Waals surface area contributed by atoms with Crippen molar-refractivity contribution >= 4 is 22.0 Å². The predicted octanol–water partition coefficient (Wildman–Crippen LogP) is -0.126. The zero-order valence-electron chi connectivity index (χ0n) is 7.49. The number of carbonyl (C=O) groups is 1. The number of fused-ring (bicyclic) bond motifs is 3. The Balaban J connectivity index is 2.27. The molecule has 4 radical (unpaired) electrons. The number of carbonyl (C=O) groups excluding carboxylic acids is 1. The number of nitrogens with one attached hydrogen (secondary N) is 1. The van der Waals surface area contributed by atoms with E-state index in [1.807, 2.05) is 0 Å². The molecule has 0 aromatic rings. The quantitative estimate of drug-likeness (QED) is 0.439. The normalized spacial score (nSPS) is 37.5. The van der Waals surface area contributed by atoms with Gasteiger partial charge in [0.05, 0.1) is 21.7 Å². The minimum Gasteiger partial charge on any atom is -0.304 e. The molecule has 3 atom stereocenters. The second-order valence-corrected chi connectivity index (χ2v) is 3.89. The maximum atomic E-state index is 10.8. The summed E-state index contributed by atoms with van der Waals surface area (Å²) in [6, 6.07) is 0.335. The Morgan fingerprint density at radius 3 is 2.77 bits per heavy atom. The molecule has 64 valence electrons. The summed E-state index contributed by atoms with van der Waals surface area (Å²) in [4.78, 5) is 10.8. The molecule has 1 N–H and O–H groups in total. The lowest BCUT2D eigenvalue weighted by Gasteiger charge is -2.44. The van der Waals surface area contributed by atoms with Gasteiger partial charge in [-0.1, -0.05) is 5.57 Å². The predicted molar refractivity (Wildman–Crippen MR) is 52.7 cm³/mol. The summed E-state index contributed by atoms with van der Waals surface area (Å²) in [5, 5.41) is 3.69. The molecule has 0 amide bonds. The summed E-state index contributed by atoms with van der Waals surface area (Å²) in [6.07, 6.45) is 4.05. The van der Waals surface area contributed by atoms with Crippen LogP contribution in [0.15, 0.2) is 10.9 Å². The highest BCUT2D eigenvalue weighted by molar-refractivity contribution is 6.48. The Morgan fingerprint density at radius 1 is 1.46 bits per heavy atom. The van der Waals surface area contributed by atoms with E-state index in [1.54, 1.807) is 0 Å². The van der Waals surface area contributed by atoms with Crippen LogP contribution in [0.2, 0.25) is 0 Å². The Morgan fingerprint density at radius 2 is 2.23 bits per heavy atom. The molecule has 3 rings (SSSR count). The van der Waals surface area contributed by atoms with Gasteiger partial charge < -0.3 is 10.1 Å². The number of rotatable bonds is 1. The lowest BCUT2D eigenvalue weighted by molar-refractivity contribution is -0.111. The van der Waals surface area contributed by atoms with Crippen molar-refractivity contribution in [1.82, 2.24) is 5.32 Å². The molecule has 0 aromatic heterocycles. The van der Waals surface area contributed by atoms with Crippen molar-refractivity contribution < 1.29 is 4.79 Å². The van der Waals surface area contributed by atoms with E-state index in [2.05, 4.69) is 5.32 Å². The lowest BCUT2D eigenvalue weighted by atomic mass is 9.64. The molecule has 13 heavy (non-hydrogen) atoms. The molecule has 3 aliphatic rings. The maximum absolute atomic E-state index is 10.8. The summed E-state index contributed by atoms with van der Waals surface area (Å²) >= 11 is 0. The van der Waals surface area contributed by atoms with E-state index in [1.165, 1.54) is 0 Å². The molecule has 4 heteroatoms. The third-order valence-electron chi connectivity index (χ3n) is 3.12. The summed E-state index contributed by atoms with van der Waals surface area (Å²) in [5.41, 5.74) is 1.09. The largest absolute Gasteiger partial charge is 0.304 e. The summed E-state index contributed by atoms with van der Waals surface area (Å²) in [6.45, 7) is 0. The fourth-order valence-corrected chi connectivity index (χ4v) is 2.47. The van der Waals surface area contributed by atoms with Crippen LogP contribution < -0.4 is 5.32 Å². The van der Waals surface area contributed by atoms with Crippen molar-refractivity contribution in [2.24, 2.45) is 5.92 Å². The van der Waals surface area contributed by atoms with Gasteiger partial charge in [0.15, 0.2) is 0 Å². The number of hydrogen-bond acceptors (Lipinski definition) is 2. The first-order valence-electron chi connectivity index (χ1n) is 4.67. The standard InChI is InChI=1S/C9H11B2NO/c10-9(11)7-3-5-1-2-6(7)8(4-13)12-5/h4-6,8,12H,1-3H2/t5-,6+,8+/m0/s1. The van der Waals surface area contributed by atoms with Crippen molar-refractivity contribution in [3.63, 3.8) is 0 Å². The van der Waals surface area contributed by atoms with E-state index in [4.69, 9.17) is 15.7 Å². The van der Waals surface area contributed by atoms with Gasteiger partial charge in [0.1, 0.15) is 6.29 Å². The van der Waals surface area contributed by atoms with E-state index >= 15 is 0 Å². The Labute approximate surface area is 81.0 Å². The van der Waals surface area contributed by atoms with E-state index in [9.17, 15) is 4.79 Å². The molecule has 1 aliphatic carbocycles. The lowest BCUT2D eigenvalue weighted by Crippen LogP contribution is -2.54. The van der Waals surface area contributed by atoms with Crippen LogP contribution in [0.3, 0.4) is 0 Å². The smallest absolute Gasteiger partial charge is 0.137 e. The van der Waals surface area contributed by atoms with Crippen LogP contribution in [0.5, 0.6) is 0 Å². The van der Waals surface area contributed by atoms with Gasteiger partial charge in [-0.2, -0.15) is 5.37 Å². The van der Waals surface area contributed by atoms with Crippen LogP contribution in [0, 0.1) is 5.92 Å². The maximum Gasteiger partial charge on any atom is 0.137 e.